The third-order valence-corrected chi connectivity index (χ3v) is 4.00. The molecule has 0 saturated carbocycles. The van der Waals surface area contributed by atoms with Crippen LogP contribution in [0, 0.1) is 13.8 Å². The average Bonchev–Trinajstić information content (AvgIpc) is 3.02. The number of hydrogen-bond donors (Lipinski definition) is 1. The first kappa shape index (κ1) is 17.1. The molecule has 1 N–H and O–H groups in total. The van der Waals surface area contributed by atoms with E-state index in [1.165, 1.54) is 29.2 Å². The summed E-state index contributed by atoms with van der Waals surface area (Å²) in [4.78, 5) is 24.6. The molecule has 1 amide bonds. The Bertz CT molecular complexity index is 740. The van der Waals surface area contributed by atoms with Crippen LogP contribution < -0.4 is 5.32 Å². The smallest absolute Gasteiger partial charge is 0.340 e. The van der Waals surface area contributed by atoms with Gasteiger partial charge in [0.25, 0.3) is 6.43 Å². The van der Waals surface area contributed by atoms with Crippen LogP contribution in [0.25, 0.3) is 0 Å². The van der Waals surface area contributed by atoms with E-state index in [1.54, 1.807) is 19.9 Å². The highest BCUT2D eigenvalue weighted by Crippen LogP contribution is 2.28. The van der Waals surface area contributed by atoms with Crippen molar-refractivity contribution >= 4 is 28.2 Å². The Balaban J connectivity index is 2.13. The summed E-state index contributed by atoms with van der Waals surface area (Å²) in [7, 11) is 1.25. The number of carbonyl (C=O) groups is 2. The van der Waals surface area contributed by atoms with Crippen molar-refractivity contribution in [2.75, 3.05) is 12.4 Å². The number of alkyl halides is 2. The molecule has 0 unspecified atom stereocenters. The monoisotopic (exact) mass is 343 g/mol. The van der Waals surface area contributed by atoms with Crippen LogP contribution in [0.5, 0.6) is 0 Å². The Morgan fingerprint density at radius 3 is 2.65 bits per heavy atom. The van der Waals surface area contributed by atoms with Gasteiger partial charge in [0.05, 0.1) is 12.7 Å². The third-order valence-electron chi connectivity index (χ3n) is 3.03. The summed E-state index contributed by atoms with van der Waals surface area (Å²) in [6.45, 7) is 3.15. The largest absolute Gasteiger partial charge is 0.465 e. The SMILES string of the molecule is COC(=O)c1cc(C)sc1NC(=O)Cn1nc(C(F)F)cc1C. The van der Waals surface area contributed by atoms with Crippen LogP contribution in [0.15, 0.2) is 12.1 Å². The Labute approximate surface area is 135 Å². The predicted octanol–water partition coefficient (Wildman–Crippen LogP) is 2.92. The number of aryl methyl sites for hydroxylation is 2. The van der Waals surface area contributed by atoms with Crippen LogP contribution in [0.3, 0.4) is 0 Å². The van der Waals surface area contributed by atoms with E-state index in [2.05, 4.69) is 15.2 Å². The maximum absolute atomic E-state index is 12.6. The maximum atomic E-state index is 12.6. The molecule has 9 heteroatoms. The zero-order chi connectivity index (χ0) is 17.1. The number of rotatable bonds is 5. The highest BCUT2D eigenvalue weighted by Gasteiger charge is 2.19. The lowest BCUT2D eigenvalue weighted by molar-refractivity contribution is -0.116. The number of thiophene rings is 1. The molecule has 0 aliphatic rings. The van der Waals surface area contributed by atoms with Crippen molar-refractivity contribution in [3.8, 4) is 0 Å². The minimum Gasteiger partial charge on any atom is -0.465 e. The van der Waals surface area contributed by atoms with Gasteiger partial charge in [0.1, 0.15) is 17.2 Å². The van der Waals surface area contributed by atoms with E-state index in [9.17, 15) is 18.4 Å². The van der Waals surface area contributed by atoms with Gasteiger partial charge in [-0.25, -0.2) is 13.6 Å². The van der Waals surface area contributed by atoms with Crippen LogP contribution in [0.1, 0.15) is 33.0 Å². The molecular formula is C14H15F2N3O3S. The molecule has 0 aromatic carbocycles. The lowest BCUT2D eigenvalue weighted by atomic mass is 10.3. The Hall–Kier alpha value is -2.29. The van der Waals surface area contributed by atoms with Gasteiger partial charge in [-0.1, -0.05) is 0 Å². The van der Waals surface area contributed by atoms with Gasteiger partial charge in [-0.05, 0) is 26.0 Å². The van der Waals surface area contributed by atoms with Gasteiger partial charge in [0, 0.05) is 10.6 Å². The van der Waals surface area contributed by atoms with Gasteiger partial charge in [-0.15, -0.1) is 11.3 Å². The van der Waals surface area contributed by atoms with Crippen molar-refractivity contribution in [1.82, 2.24) is 9.78 Å². The fourth-order valence-corrected chi connectivity index (χ4v) is 2.89. The topological polar surface area (TPSA) is 73.2 Å². The number of hydrogen-bond acceptors (Lipinski definition) is 5. The van der Waals surface area contributed by atoms with Gasteiger partial charge in [0.15, 0.2) is 0 Å². The van der Waals surface area contributed by atoms with Crippen LogP contribution in [0.4, 0.5) is 13.8 Å². The summed E-state index contributed by atoms with van der Waals surface area (Å²) in [5, 5.41) is 6.64. The molecule has 2 aromatic heterocycles. The molecule has 2 rings (SSSR count). The summed E-state index contributed by atoms with van der Waals surface area (Å²) < 4.78 is 31.0. The Morgan fingerprint density at radius 1 is 1.39 bits per heavy atom. The molecule has 0 fully saturated rings. The van der Waals surface area contributed by atoms with E-state index in [1.807, 2.05) is 0 Å². The van der Waals surface area contributed by atoms with Crippen LogP contribution in [-0.2, 0) is 16.1 Å². The van der Waals surface area contributed by atoms with Gasteiger partial charge in [0.2, 0.25) is 5.91 Å². The Kier molecular flexibility index (Phi) is 5.09. The molecule has 0 spiro atoms. The number of aromatic nitrogens is 2. The normalized spacial score (nSPS) is 10.9. The second-order valence-corrected chi connectivity index (χ2v) is 6.06. The van der Waals surface area contributed by atoms with Crippen LogP contribution >= 0.6 is 11.3 Å². The number of methoxy groups -OCH3 is 1. The number of nitrogens with zero attached hydrogens (tertiary/aromatic N) is 2. The van der Waals surface area contributed by atoms with Crippen molar-refractivity contribution in [3.05, 3.63) is 34.0 Å². The number of carbonyl (C=O) groups excluding carboxylic acids is 2. The summed E-state index contributed by atoms with van der Waals surface area (Å²) in [5.74, 6) is -1.02. The second-order valence-electron chi connectivity index (χ2n) is 4.81. The number of esters is 1. The third kappa shape index (κ3) is 3.92. The van der Waals surface area contributed by atoms with E-state index in [0.29, 0.717) is 10.7 Å². The van der Waals surface area contributed by atoms with Crippen molar-refractivity contribution in [2.45, 2.75) is 26.8 Å². The zero-order valence-corrected chi connectivity index (χ0v) is 13.5. The van der Waals surface area contributed by atoms with Crippen molar-refractivity contribution in [1.29, 1.82) is 0 Å². The van der Waals surface area contributed by atoms with Crippen molar-refractivity contribution in [2.24, 2.45) is 0 Å². The van der Waals surface area contributed by atoms with Gasteiger partial charge >= 0.3 is 5.97 Å². The summed E-state index contributed by atoms with van der Waals surface area (Å²) in [6.07, 6.45) is -2.69. The fraction of sp³-hybridized carbons (Fsp3) is 0.357. The number of amides is 1. The number of ether oxygens (including phenoxy) is 1. The molecule has 124 valence electrons. The van der Waals surface area contributed by atoms with Crippen LogP contribution in [-0.4, -0.2) is 28.8 Å². The Morgan fingerprint density at radius 2 is 2.09 bits per heavy atom. The molecule has 0 aliphatic carbocycles. The summed E-state index contributed by atoms with van der Waals surface area (Å²) in [6, 6.07) is 2.84. The average molecular weight is 343 g/mol. The molecule has 6 nitrogen and oxygen atoms in total. The van der Waals surface area contributed by atoms with E-state index in [4.69, 9.17) is 0 Å². The molecule has 0 bridgehead atoms. The van der Waals surface area contributed by atoms with Gasteiger partial charge < -0.3 is 10.1 Å². The molecule has 2 aromatic rings. The van der Waals surface area contributed by atoms with Gasteiger partial charge in [-0.2, -0.15) is 5.10 Å². The van der Waals surface area contributed by atoms with E-state index in [0.717, 1.165) is 4.88 Å². The highest BCUT2D eigenvalue weighted by atomic mass is 32.1. The number of nitrogens with one attached hydrogen (secondary N) is 1. The first-order valence-electron chi connectivity index (χ1n) is 6.63. The van der Waals surface area contributed by atoms with E-state index >= 15 is 0 Å². The van der Waals surface area contributed by atoms with Crippen LogP contribution in [0.2, 0.25) is 0 Å². The summed E-state index contributed by atoms with van der Waals surface area (Å²) >= 11 is 1.23. The lowest BCUT2D eigenvalue weighted by Gasteiger charge is -2.06. The first-order valence-corrected chi connectivity index (χ1v) is 7.44. The number of anilines is 1. The molecule has 0 saturated heterocycles. The fourth-order valence-electron chi connectivity index (χ4n) is 1.97. The van der Waals surface area contributed by atoms with E-state index in [-0.39, 0.29) is 17.8 Å². The molecule has 23 heavy (non-hydrogen) atoms. The standard InChI is InChI=1S/C14H15F2N3O3S/c1-7-4-10(12(15)16)18-19(7)6-11(20)17-13-9(14(21)22-3)5-8(2)23-13/h4-5,12H,6H2,1-3H3,(H,17,20). The number of halogens is 2. The van der Waals surface area contributed by atoms with E-state index < -0.39 is 18.3 Å². The second kappa shape index (κ2) is 6.86. The maximum Gasteiger partial charge on any atom is 0.340 e. The molecule has 2 heterocycles. The van der Waals surface area contributed by atoms with Gasteiger partial charge in [-0.3, -0.25) is 9.48 Å². The molecular weight excluding hydrogens is 328 g/mol. The molecule has 0 atom stereocenters. The molecule has 0 aliphatic heterocycles. The minimum absolute atomic E-state index is 0.226. The summed E-state index contributed by atoms with van der Waals surface area (Å²) in [5.41, 5.74) is 0.331. The van der Waals surface area contributed by atoms with Crippen molar-refractivity contribution < 1.29 is 23.1 Å². The minimum atomic E-state index is -2.69. The first-order chi connectivity index (χ1) is 10.8. The predicted molar refractivity (Wildman–Crippen MR) is 80.9 cm³/mol. The highest BCUT2D eigenvalue weighted by molar-refractivity contribution is 7.16. The zero-order valence-electron chi connectivity index (χ0n) is 12.7. The molecule has 0 radical (unpaired) electrons. The lowest BCUT2D eigenvalue weighted by Crippen LogP contribution is -2.21. The quantitative estimate of drug-likeness (QED) is 0.847. The van der Waals surface area contributed by atoms with Crippen molar-refractivity contribution in [3.63, 3.8) is 0 Å².